The van der Waals surface area contributed by atoms with E-state index >= 15 is 0 Å². The number of halogens is 2. The molecule has 3 heteroatoms. The van der Waals surface area contributed by atoms with E-state index in [1.165, 1.54) is 23.8 Å². The second kappa shape index (κ2) is 7.67. The first kappa shape index (κ1) is 19.8. The second-order valence-corrected chi connectivity index (χ2v) is 4.64. The topological polar surface area (TPSA) is 0 Å². The zero-order chi connectivity index (χ0) is 12.7. The monoisotopic (exact) mass is 320 g/mol. The number of hydrogen-bond donors (Lipinski definition) is 0. The SMILES string of the molecule is CC1=Cc2c(cccc2-c2c(F)cccc2F)C1.[CH3-].[CH3-].[Ti+2]. The van der Waals surface area contributed by atoms with E-state index in [2.05, 4.69) is 0 Å². The number of rotatable bonds is 1. The van der Waals surface area contributed by atoms with Gasteiger partial charge in [0.25, 0.3) is 0 Å². The Kier molecular flexibility index (Phi) is 7.22. The Morgan fingerprint density at radius 3 is 2.10 bits per heavy atom. The molecule has 0 unspecified atom stereocenters. The molecular weight excluding hydrogens is 302 g/mol. The summed E-state index contributed by atoms with van der Waals surface area (Å²) in [5.74, 6) is -1.03. The van der Waals surface area contributed by atoms with Crippen molar-refractivity contribution < 1.29 is 30.5 Å². The Balaban J connectivity index is 0.00000133. The standard InChI is InChI=1S/C16H12F2.2CH3.Ti/c1-10-8-11-4-2-5-12(13(11)9-10)16-14(17)6-3-7-15(16)18;;;/h2-7,9H,8H2,1H3;2*1H3;/q;2*-1;+2. The van der Waals surface area contributed by atoms with Crippen molar-refractivity contribution in [2.75, 3.05) is 0 Å². The van der Waals surface area contributed by atoms with Crippen LogP contribution in [0.25, 0.3) is 17.2 Å². The van der Waals surface area contributed by atoms with Crippen molar-refractivity contribution in [1.29, 1.82) is 0 Å². The van der Waals surface area contributed by atoms with Crippen molar-refractivity contribution in [1.82, 2.24) is 0 Å². The maximum absolute atomic E-state index is 13.8. The van der Waals surface area contributed by atoms with Gasteiger partial charge in [-0.3, -0.25) is 0 Å². The first-order valence-corrected chi connectivity index (χ1v) is 5.90. The minimum Gasteiger partial charge on any atom is -0.358 e. The largest absolute Gasteiger partial charge is 2.00 e. The van der Waals surface area contributed by atoms with E-state index in [1.807, 2.05) is 25.1 Å². The van der Waals surface area contributed by atoms with Gasteiger partial charge in [0.1, 0.15) is 11.6 Å². The van der Waals surface area contributed by atoms with Gasteiger partial charge in [-0.1, -0.05) is 35.9 Å². The minimum atomic E-state index is -0.513. The van der Waals surface area contributed by atoms with Gasteiger partial charge in [0, 0.05) is 0 Å². The van der Waals surface area contributed by atoms with Crippen LogP contribution >= 0.6 is 0 Å². The molecule has 1 aliphatic rings. The van der Waals surface area contributed by atoms with Crippen LogP contribution in [-0.4, -0.2) is 0 Å². The summed E-state index contributed by atoms with van der Waals surface area (Å²) >= 11 is 0. The van der Waals surface area contributed by atoms with Gasteiger partial charge in [-0.15, -0.1) is 0 Å². The van der Waals surface area contributed by atoms with Crippen molar-refractivity contribution >= 4 is 6.08 Å². The maximum atomic E-state index is 13.8. The third-order valence-corrected chi connectivity index (χ3v) is 3.29. The van der Waals surface area contributed by atoms with Gasteiger partial charge in [0.2, 0.25) is 0 Å². The van der Waals surface area contributed by atoms with Crippen LogP contribution in [0.3, 0.4) is 0 Å². The van der Waals surface area contributed by atoms with Gasteiger partial charge in [-0.2, -0.15) is 0 Å². The van der Waals surface area contributed by atoms with E-state index in [9.17, 15) is 8.78 Å². The average molecular weight is 320 g/mol. The van der Waals surface area contributed by atoms with Crippen LogP contribution in [0.2, 0.25) is 0 Å². The molecule has 2 aromatic carbocycles. The number of benzene rings is 2. The van der Waals surface area contributed by atoms with Crippen LogP contribution in [0.1, 0.15) is 18.1 Å². The maximum Gasteiger partial charge on any atom is 2.00 e. The molecule has 3 rings (SSSR count). The summed E-state index contributed by atoms with van der Waals surface area (Å²) in [6.07, 6.45) is 2.87. The van der Waals surface area contributed by atoms with Crippen LogP contribution in [0.4, 0.5) is 8.78 Å². The number of hydrogen-bond acceptors (Lipinski definition) is 0. The van der Waals surface area contributed by atoms with E-state index in [0.29, 0.717) is 5.56 Å². The van der Waals surface area contributed by atoms with Crippen molar-refractivity contribution in [2.24, 2.45) is 0 Å². The van der Waals surface area contributed by atoms with Crippen molar-refractivity contribution in [3.05, 3.63) is 79.6 Å². The van der Waals surface area contributed by atoms with Gasteiger partial charge in [-0.05, 0) is 42.2 Å². The molecule has 0 bridgehead atoms. The predicted molar refractivity (Wildman–Crippen MR) is 82.0 cm³/mol. The smallest absolute Gasteiger partial charge is 0.358 e. The zero-order valence-electron chi connectivity index (χ0n) is 12.5. The molecule has 0 fully saturated rings. The Morgan fingerprint density at radius 2 is 1.48 bits per heavy atom. The van der Waals surface area contributed by atoms with E-state index < -0.39 is 11.6 Å². The summed E-state index contributed by atoms with van der Waals surface area (Å²) in [5, 5.41) is 0. The summed E-state index contributed by atoms with van der Waals surface area (Å²) in [4.78, 5) is 0. The molecule has 0 N–H and O–H groups in total. The molecule has 0 aromatic heterocycles. The molecule has 0 nitrogen and oxygen atoms in total. The van der Waals surface area contributed by atoms with E-state index in [-0.39, 0.29) is 42.1 Å². The van der Waals surface area contributed by atoms with Gasteiger partial charge in [0.15, 0.2) is 0 Å². The van der Waals surface area contributed by atoms with Gasteiger partial charge < -0.3 is 14.9 Å². The molecule has 108 valence electrons. The molecule has 2 aromatic rings. The first-order valence-electron chi connectivity index (χ1n) is 5.90. The fourth-order valence-electron chi connectivity index (χ4n) is 2.51. The van der Waals surface area contributed by atoms with Crippen LogP contribution < -0.4 is 0 Å². The third-order valence-electron chi connectivity index (χ3n) is 3.29. The number of allylic oxidation sites excluding steroid dienone is 1. The molecule has 21 heavy (non-hydrogen) atoms. The minimum absolute atomic E-state index is 0. The Bertz CT molecular complexity index is 640. The summed E-state index contributed by atoms with van der Waals surface area (Å²) in [7, 11) is 0. The molecular formula is C18H18F2Ti. The summed E-state index contributed by atoms with van der Waals surface area (Å²) < 4.78 is 27.7. The van der Waals surface area contributed by atoms with Crippen LogP contribution in [0.15, 0.2) is 42.0 Å². The molecule has 0 saturated carbocycles. The molecule has 1 aliphatic carbocycles. The summed E-state index contributed by atoms with van der Waals surface area (Å²) in [6.45, 7) is 2.03. The van der Waals surface area contributed by atoms with Gasteiger partial charge in [-0.25, -0.2) is 8.78 Å². The normalized spacial score (nSPS) is 11.5. The molecule has 0 heterocycles. The van der Waals surface area contributed by atoms with E-state index in [0.717, 1.165) is 17.5 Å². The Labute approximate surface area is 140 Å². The van der Waals surface area contributed by atoms with Crippen LogP contribution in [-0.2, 0) is 28.1 Å². The first-order chi connectivity index (χ1) is 8.66. The molecule has 0 atom stereocenters. The zero-order valence-corrected chi connectivity index (χ0v) is 14.1. The molecule has 0 amide bonds. The molecule has 0 saturated heterocycles. The quantitative estimate of drug-likeness (QED) is 0.481. The van der Waals surface area contributed by atoms with Gasteiger partial charge >= 0.3 is 21.7 Å². The Morgan fingerprint density at radius 1 is 0.905 bits per heavy atom. The molecule has 0 radical (unpaired) electrons. The Hall–Kier alpha value is -1.25. The summed E-state index contributed by atoms with van der Waals surface area (Å²) in [6, 6.07) is 9.61. The van der Waals surface area contributed by atoms with E-state index in [4.69, 9.17) is 0 Å². The van der Waals surface area contributed by atoms with Crippen molar-refractivity contribution in [3.63, 3.8) is 0 Å². The second-order valence-electron chi connectivity index (χ2n) is 4.64. The molecule has 0 spiro atoms. The summed E-state index contributed by atoms with van der Waals surface area (Å²) in [5.41, 5.74) is 4.00. The van der Waals surface area contributed by atoms with Crippen LogP contribution in [0.5, 0.6) is 0 Å². The number of fused-ring (bicyclic) bond motifs is 1. The predicted octanol–water partition coefficient (Wildman–Crippen LogP) is 5.49. The van der Waals surface area contributed by atoms with E-state index in [1.54, 1.807) is 6.07 Å². The fourth-order valence-corrected chi connectivity index (χ4v) is 2.51. The van der Waals surface area contributed by atoms with Gasteiger partial charge in [0.05, 0.1) is 5.56 Å². The fraction of sp³-hybridized carbons (Fsp3) is 0.111. The average Bonchev–Trinajstić information content (AvgIpc) is 2.70. The van der Waals surface area contributed by atoms with Crippen LogP contribution in [0, 0.1) is 26.5 Å². The van der Waals surface area contributed by atoms with Crippen molar-refractivity contribution in [3.8, 4) is 11.1 Å². The third kappa shape index (κ3) is 3.51. The molecule has 0 aliphatic heterocycles. The van der Waals surface area contributed by atoms with Crippen molar-refractivity contribution in [2.45, 2.75) is 13.3 Å².